The van der Waals surface area contributed by atoms with Gasteiger partial charge in [-0.05, 0) is 19.3 Å². The lowest BCUT2D eigenvalue weighted by Crippen LogP contribution is -3.00. The molecule has 0 N–H and O–H groups in total. The van der Waals surface area contributed by atoms with Crippen LogP contribution in [0.15, 0.2) is 0 Å². The second kappa shape index (κ2) is 15.1. The van der Waals surface area contributed by atoms with Gasteiger partial charge in [-0.2, -0.15) is 0 Å². The third-order valence-corrected chi connectivity index (χ3v) is 3.95. The van der Waals surface area contributed by atoms with Gasteiger partial charge < -0.3 is 28.5 Å². The largest absolute Gasteiger partial charge is 1.00 e. The first-order valence-electron chi connectivity index (χ1n) is 8.44. The summed E-state index contributed by atoms with van der Waals surface area (Å²) in [6.07, 6.45) is 15.8. The van der Waals surface area contributed by atoms with Gasteiger partial charge in [-0.25, -0.2) is 0 Å². The normalized spacial score (nSPS) is 11.4. The van der Waals surface area contributed by atoms with Gasteiger partial charge in [-0.1, -0.05) is 65.2 Å². The Morgan fingerprint density at radius 1 is 0.526 bits per heavy atom. The fraction of sp³-hybridized carbons (Fsp3) is 1.00. The molecule has 0 spiro atoms. The van der Waals surface area contributed by atoms with E-state index in [0.717, 1.165) is 0 Å². The molecule has 0 radical (unpaired) electrons. The van der Waals surface area contributed by atoms with Crippen molar-refractivity contribution in [1.29, 1.82) is 0 Å². The van der Waals surface area contributed by atoms with Crippen molar-refractivity contribution in [3.8, 4) is 0 Å². The number of unbranched alkanes of at least 4 members (excludes halogenated alkanes) is 9. The molecule has 0 atom stereocenters. The third-order valence-electron chi connectivity index (χ3n) is 3.95. The molecule has 0 heterocycles. The number of quaternary nitrogens is 1. The van der Waals surface area contributed by atoms with Gasteiger partial charge in [-0.3, -0.25) is 0 Å². The molecule has 0 aliphatic carbocycles. The average Bonchev–Trinajstić information content (AvgIpc) is 2.31. The first-order chi connectivity index (χ1) is 8.62. The van der Waals surface area contributed by atoms with Gasteiger partial charge in [0.05, 0.1) is 27.2 Å². The fourth-order valence-corrected chi connectivity index (χ4v) is 2.74. The Morgan fingerprint density at radius 2 is 0.947 bits per heavy atom. The number of nitrogens with zero attached hydrogens (tertiary/aromatic N) is 1. The number of hydrogen-bond donors (Lipinski definition) is 0. The summed E-state index contributed by atoms with van der Waals surface area (Å²) in [6, 6.07) is 0. The maximum absolute atomic E-state index is 2.37. The van der Waals surface area contributed by atoms with Crippen LogP contribution in [0.5, 0.6) is 0 Å². The van der Waals surface area contributed by atoms with E-state index in [4.69, 9.17) is 0 Å². The Hall–Kier alpha value is 0.690. The molecular formula is C17H38IN. The summed E-state index contributed by atoms with van der Waals surface area (Å²) in [4.78, 5) is 0. The quantitative estimate of drug-likeness (QED) is 0.260. The fourth-order valence-electron chi connectivity index (χ4n) is 2.74. The molecule has 118 valence electrons. The SMILES string of the molecule is CCCCCCCCCCCC[N+](C)(C)CCC.[I-]. The Balaban J connectivity index is 0. The molecule has 0 amide bonds. The summed E-state index contributed by atoms with van der Waals surface area (Å²) in [6.45, 7) is 7.28. The summed E-state index contributed by atoms with van der Waals surface area (Å²) in [5, 5.41) is 0. The highest BCUT2D eigenvalue weighted by Gasteiger charge is 2.11. The Bertz CT molecular complexity index is 169. The summed E-state index contributed by atoms with van der Waals surface area (Å²) in [5.74, 6) is 0. The monoisotopic (exact) mass is 383 g/mol. The van der Waals surface area contributed by atoms with Crippen LogP contribution in [0.25, 0.3) is 0 Å². The number of rotatable bonds is 13. The Morgan fingerprint density at radius 3 is 1.37 bits per heavy atom. The molecular weight excluding hydrogens is 345 g/mol. The van der Waals surface area contributed by atoms with Crippen molar-refractivity contribution in [2.45, 2.75) is 84.5 Å². The molecule has 0 fully saturated rings. The van der Waals surface area contributed by atoms with Gasteiger partial charge in [-0.15, -0.1) is 0 Å². The van der Waals surface area contributed by atoms with E-state index in [2.05, 4.69) is 27.9 Å². The van der Waals surface area contributed by atoms with Crippen LogP contribution < -0.4 is 24.0 Å². The van der Waals surface area contributed by atoms with Crippen molar-refractivity contribution in [3.05, 3.63) is 0 Å². The highest BCUT2D eigenvalue weighted by atomic mass is 127. The molecule has 0 aromatic rings. The third kappa shape index (κ3) is 16.6. The molecule has 0 aromatic heterocycles. The van der Waals surface area contributed by atoms with Crippen LogP contribution in [0, 0.1) is 0 Å². The molecule has 0 aliphatic heterocycles. The molecule has 0 saturated carbocycles. The van der Waals surface area contributed by atoms with Crippen LogP contribution in [0.3, 0.4) is 0 Å². The van der Waals surface area contributed by atoms with Crippen molar-refractivity contribution in [2.75, 3.05) is 27.2 Å². The molecule has 0 saturated heterocycles. The second-order valence-electron chi connectivity index (χ2n) is 6.56. The van der Waals surface area contributed by atoms with Gasteiger partial charge in [0, 0.05) is 0 Å². The predicted octanol–water partition coefficient (Wildman–Crippen LogP) is 2.40. The Kier molecular flexibility index (Phi) is 17.5. The van der Waals surface area contributed by atoms with Gasteiger partial charge in [0.1, 0.15) is 0 Å². The first kappa shape index (κ1) is 22.0. The zero-order valence-corrected chi connectivity index (χ0v) is 16.2. The summed E-state index contributed by atoms with van der Waals surface area (Å²) in [5.41, 5.74) is 0. The molecule has 0 rings (SSSR count). The molecule has 0 aromatic carbocycles. The minimum Gasteiger partial charge on any atom is -1.00 e. The zero-order chi connectivity index (χ0) is 13.7. The molecule has 0 bridgehead atoms. The minimum atomic E-state index is 0. The Labute approximate surface area is 140 Å². The van der Waals surface area contributed by atoms with Crippen LogP contribution in [0.2, 0.25) is 0 Å². The molecule has 1 nitrogen and oxygen atoms in total. The zero-order valence-electron chi connectivity index (χ0n) is 14.0. The lowest BCUT2D eigenvalue weighted by Gasteiger charge is -2.29. The standard InChI is InChI=1S/C17H38N.HI/c1-5-7-8-9-10-11-12-13-14-15-17-18(3,4)16-6-2;/h5-17H2,1-4H3;1H/q+1;/p-1. The molecule has 2 heteroatoms. The van der Waals surface area contributed by atoms with E-state index in [1.165, 1.54) is 88.2 Å². The van der Waals surface area contributed by atoms with E-state index in [-0.39, 0.29) is 24.0 Å². The average molecular weight is 383 g/mol. The summed E-state index contributed by atoms with van der Waals surface area (Å²) >= 11 is 0. The van der Waals surface area contributed by atoms with E-state index < -0.39 is 0 Å². The van der Waals surface area contributed by atoms with E-state index >= 15 is 0 Å². The number of halogens is 1. The summed E-state index contributed by atoms with van der Waals surface area (Å²) < 4.78 is 1.22. The maximum atomic E-state index is 2.37. The van der Waals surface area contributed by atoms with Gasteiger partial charge in [0.2, 0.25) is 0 Å². The van der Waals surface area contributed by atoms with Crippen LogP contribution in [0.1, 0.15) is 84.5 Å². The van der Waals surface area contributed by atoms with Crippen LogP contribution in [0.4, 0.5) is 0 Å². The first-order valence-corrected chi connectivity index (χ1v) is 8.44. The van der Waals surface area contributed by atoms with Gasteiger partial charge in [0.15, 0.2) is 0 Å². The van der Waals surface area contributed by atoms with Crippen LogP contribution in [-0.2, 0) is 0 Å². The van der Waals surface area contributed by atoms with Crippen LogP contribution in [-0.4, -0.2) is 31.7 Å². The highest BCUT2D eigenvalue weighted by Crippen LogP contribution is 2.11. The van der Waals surface area contributed by atoms with E-state index in [9.17, 15) is 0 Å². The van der Waals surface area contributed by atoms with Gasteiger partial charge in [0.25, 0.3) is 0 Å². The smallest absolute Gasteiger partial charge is 0.0782 e. The topological polar surface area (TPSA) is 0 Å². The maximum Gasteiger partial charge on any atom is 0.0782 e. The lowest BCUT2D eigenvalue weighted by molar-refractivity contribution is -0.890. The van der Waals surface area contributed by atoms with E-state index in [1.54, 1.807) is 0 Å². The molecule has 19 heavy (non-hydrogen) atoms. The van der Waals surface area contributed by atoms with E-state index in [1.807, 2.05) is 0 Å². The van der Waals surface area contributed by atoms with Crippen molar-refractivity contribution >= 4 is 0 Å². The van der Waals surface area contributed by atoms with Crippen molar-refractivity contribution in [1.82, 2.24) is 0 Å². The predicted molar refractivity (Wildman–Crippen MR) is 84.0 cm³/mol. The lowest BCUT2D eigenvalue weighted by atomic mass is 10.1. The van der Waals surface area contributed by atoms with Crippen molar-refractivity contribution in [2.24, 2.45) is 0 Å². The molecule has 0 unspecified atom stereocenters. The highest BCUT2D eigenvalue weighted by molar-refractivity contribution is 4.47. The van der Waals surface area contributed by atoms with E-state index in [0.29, 0.717) is 0 Å². The molecule has 0 aliphatic rings. The van der Waals surface area contributed by atoms with Gasteiger partial charge >= 0.3 is 0 Å². The van der Waals surface area contributed by atoms with Crippen molar-refractivity contribution in [3.63, 3.8) is 0 Å². The van der Waals surface area contributed by atoms with Crippen molar-refractivity contribution < 1.29 is 28.5 Å². The van der Waals surface area contributed by atoms with Crippen LogP contribution >= 0.6 is 0 Å². The summed E-state index contributed by atoms with van der Waals surface area (Å²) in [7, 11) is 4.74. The minimum absolute atomic E-state index is 0. The second-order valence-corrected chi connectivity index (χ2v) is 6.56. The number of hydrogen-bond acceptors (Lipinski definition) is 0.